The quantitative estimate of drug-likeness (QED) is 0.160. The number of thiophene rings is 2. The van der Waals surface area contributed by atoms with Crippen molar-refractivity contribution in [3.8, 4) is 55.4 Å². The van der Waals surface area contributed by atoms with Crippen LogP contribution >= 0.6 is 22.7 Å². The number of benzene rings is 1. The van der Waals surface area contributed by atoms with Gasteiger partial charge in [-0.15, -0.1) is 22.7 Å². The molecule has 1 aromatic carbocycles. The molecular formula is C34H46O6S2. The molecule has 3 aromatic rings. The summed E-state index contributed by atoms with van der Waals surface area (Å²) in [6, 6.07) is 4.31. The van der Waals surface area contributed by atoms with Crippen molar-refractivity contribution in [2.24, 2.45) is 11.8 Å². The predicted molar refractivity (Wildman–Crippen MR) is 173 cm³/mol. The van der Waals surface area contributed by atoms with Crippen molar-refractivity contribution in [3.05, 3.63) is 22.9 Å². The lowest BCUT2D eigenvalue weighted by Crippen LogP contribution is -2.15. The fourth-order valence-electron chi connectivity index (χ4n) is 5.46. The highest BCUT2D eigenvalue weighted by molar-refractivity contribution is 7.14. The van der Waals surface area contributed by atoms with Crippen molar-refractivity contribution in [3.63, 3.8) is 0 Å². The number of ether oxygens (including phenoxy) is 6. The Morgan fingerprint density at radius 3 is 1.48 bits per heavy atom. The van der Waals surface area contributed by atoms with Gasteiger partial charge in [0.15, 0.2) is 23.0 Å². The topological polar surface area (TPSA) is 55.4 Å². The maximum atomic E-state index is 6.73. The van der Waals surface area contributed by atoms with E-state index >= 15 is 0 Å². The van der Waals surface area contributed by atoms with Crippen LogP contribution in [0.25, 0.3) is 20.9 Å². The van der Waals surface area contributed by atoms with E-state index in [1.165, 1.54) is 38.5 Å². The van der Waals surface area contributed by atoms with E-state index in [0.29, 0.717) is 51.5 Å². The normalized spacial score (nSPS) is 15.3. The molecule has 4 heterocycles. The molecule has 0 amide bonds. The average Bonchev–Trinajstić information content (AvgIpc) is 3.66. The zero-order valence-corrected chi connectivity index (χ0v) is 27.3. The molecule has 0 fully saturated rings. The molecule has 0 saturated carbocycles. The van der Waals surface area contributed by atoms with Gasteiger partial charge in [0.25, 0.3) is 0 Å². The molecule has 0 spiro atoms. The zero-order valence-electron chi connectivity index (χ0n) is 25.6. The number of fused-ring (bicyclic) bond motifs is 2. The van der Waals surface area contributed by atoms with E-state index in [-0.39, 0.29) is 0 Å². The highest BCUT2D eigenvalue weighted by Crippen LogP contribution is 2.54. The Morgan fingerprint density at radius 2 is 1.07 bits per heavy atom. The number of rotatable bonds is 16. The van der Waals surface area contributed by atoms with Gasteiger partial charge in [-0.2, -0.15) is 0 Å². The third-order valence-corrected chi connectivity index (χ3v) is 10.2. The van der Waals surface area contributed by atoms with E-state index in [1.807, 2.05) is 10.8 Å². The van der Waals surface area contributed by atoms with Gasteiger partial charge >= 0.3 is 0 Å². The van der Waals surface area contributed by atoms with E-state index in [0.717, 1.165) is 68.2 Å². The summed E-state index contributed by atoms with van der Waals surface area (Å²) >= 11 is 3.27. The van der Waals surface area contributed by atoms with Gasteiger partial charge in [-0.3, -0.25) is 0 Å². The molecule has 2 aromatic heterocycles. The summed E-state index contributed by atoms with van der Waals surface area (Å²) in [7, 11) is 0. The lowest BCUT2D eigenvalue weighted by molar-refractivity contribution is 0.174. The Morgan fingerprint density at radius 1 is 0.643 bits per heavy atom. The van der Waals surface area contributed by atoms with Crippen LogP contribution in [-0.2, 0) is 0 Å². The van der Waals surface area contributed by atoms with Crippen molar-refractivity contribution in [2.75, 3.05) is 39.6 Å². The SMILES string of the molecule is CCCCC(CC)COc1cc(-c2scc3c2OCCO3)c(OCC(CC)CCCC)cc1-c1scc2c1OCCO2. The molecule has 0 bridgehead atoms. The van der Waals surface area contributed by atoms with E-state index in [4.69, 9.17) is 28.4 Å². The molecule has 0 radical (unpaired) electrons. The van der Waals surface area contributed by atoms with Crippen LogP contribution in [0.3, 0.4) is 0 Å². The van der Waals surface area contributed by atoms with Gasteiger partial charge in [0, 0.05) is 21.9 Å². The van der Waals surface area contributed by atoms with Gasteiger partial charge in [-0.25, -0.2) is 0 Å². The fraction of sp³-hybridized carbons (Fsp3) is 0.588. The van der Waals surface area contributed by atoms with Crippen molar-refractivity contribution < 1.29 is 28.4 Å². The molecule has 8 heteroatoms. The van der Waals surface area contributed by atoms with Gasteiger partial charge < -0.3 is 28.4 Å². The molecule has 2 aliphatic heterocycles. The van der Waals surface area contributed by atoms with Crippen molar-refractivity contribution in [1.82, 2.24) is 0 Å². The first-order valence-corrected chi connectivity index (χ1v) is 17.6. The van der Waals surface area contributed by atoms with Crippen LogP contribution in [0.4, 0.5) is 0 Å². The van der Waals surface area contributed by atoms with Crippen LogP contribution in [0.2, 0.25) is 0 Å². The Kier molecular flexibility index (Phi) is 11.2. The van der Waals surface area contributed by atoms with Gasteiger partial charge in [-0.05, 0) is 36.8 Å². The molecule has 5 rings (SSSR count). The molecule has 0 N–H and O–H groups in total. The summed E-state index contributed by atoms with van der Waals surface area (Å²) in [5.74, 6) is 5.88. The van der Waals surface area contributed by atoms with Crippen LogP contribution in [0.1, 0.15) is 79.1 Å². The maximum Gasteiger partial charge on any atom is 0.180 e. The van der Waals surface area contributed by atoms with E-state index < -0.39 is 0 Å². The summed E-state index contributed by atoms with van der Waals surface area (Å²) in [5.41, 5.74) is 1.97. The standard InChI is InChI=1S/C34H46O6S2/c1-5-9-11-23(7-3)19-39-27-17-26(34-32-30(22-42-34)36-14-16-38-32)28(40-20-24(8-4)12-10-6-2)18-25(27)33-31-29(21-41-33)35-13-15-37-31/h17-18,21-24H,5-16,19-20H2,1-4H3. The summed E-state index contributed by atoms with van der Waals surface area (Å²) in [4.78, 5) is 2.03. The monoisotopic (exact) mass is 614 g/mol. The minimum Gasteiger partial charge on any atom is -0.493 e. The molecule has 2 aliphatic rings. The molecule has 6 nitrogen and oxygen atoms in total. The van der Waals surface area contributed by atoms with E-state index in [9.17, 15) is 0 Å². The fourth-order valence-corrected chi connectivity index (χ4v) is 7.37. The van der Waals surface area contributed by atoms with Gasteiger partial charge in [0.2, 0.25) is 0 Å². The summed E-state index contributed by atoms with van der Waals surface area (Å²) in [6.07, 6.45) is 9.34. The first-order valence-electron chi connectivity index (χ1n) is 15.8. The van der Waals surface area contributed by atoms with Gasteiger partial charge in [0.05, 0.1) is 23.0 Å². The minimum atomic E-state index is 0.504. The zero-order chi connectivity index (χ0) is 29.3. The maximum absolute atomic E-state index is 6.73. The Balaban J connectivity index is 1.58. The minimum absolute atomic E-state index is 0.504. The molecule has 42 heavy (non-hydrogen) atoms. The van der Waals surface area contributed by atoms with Crippen LogP contribution in [0.15, 0.2) is 22.9 Å². The molecular weight excluding hydrogens is 569 g/mol. The Hall–Kier alpha value is -2.58. The number of hydrogen-bond acceptors (Lipinski definition) is 8. The average molecular weight is 615 g/mol. The smallest absolute Gasteiger partial charge is 0.180 e. The second kappa shape index (κ2) is 15.2. The molecule has 0 aliphatic carbocycles. The lowest BCUT2D eigenvalue weighted by Gasteiger charge is -2.23. The van der Waals surface area contributed by atoms with Crippen LogP contribution in [0, 0.1) is 11.8 Å². The highest BCUT2D eigenvalue weighted by atomic mass is 32.1. The molecule has 2 atom stereocenters. The number of unbranched alkanes of at least 4 members (excludes halogenated alkanes) is 2. The highest BCUT2D eigenvalue weighted by Gasteiger charge is 2.28. The summed E-state index contributed by atoms with van der Waals surface area (Å²) in [5, 5.41) is 4.08. The van der Waals surface area contributed by atoms with E-state index in [2.05, 4.69) is 39.8 Å². The van der Waals surface area contributed by atoms with E-state index in [1.54, 1.807) is 22.7 Å². The Labute approximate surface area is 259 Å². The largest absolute Gasteiger partial charge is 0.493 e. The molecule has 2 unspecified atom stereocenters. The van der Waals surface area contributed by atoms with Gasteiger partial charge in [-0.1, -0.05) is 66.2 Å². The predicted octanol–water partition coefficient (Wildman–Crippen LogP) is 9.88. The lowest BCUT2D eigenvalue weighted by atomic mass is 10.00. The summed E-state index contributed by atoms with van der Waals surface area (Å²) < 4.78 is 37.6. The first-order chi connectivity index (χ1) is 20.7. The number of hydrogen-bond donors (Lipinski definition) is 0. The third-order valence-electron chi connectivity index (χ3n) is 8.21. The van der Waals surface area contributed by atoms with Crippen molar-refractivity contribution in [2.45, 2.75) is 79.1 Å². The third kappa shape index (κ3) is 7.13. The van der Waals surface area contributed by atoms with Crippen molar-refractivity contribution >= 4 is 22.7 Å². The summed E-state index contributed by atoms with van der Waals surface area (Å²) in [6.45, 7) is 12.6. The van der Waals surface area contributed by atoms with Crippen LogP contribution in [0.5, 0.6) is 34.5 Å². The van der Waals surface area contributed by atoms with Gasteiger partial charge in [0.1, 0.15) is 37.9 Å². The molecule has 230 valence electrons. The second-order valence-electron chi connectivity index (χ2n) is 11.2. The Bertz CT molecular complexity index is 1180. The second-order valence-corrected chi connectivity index (χ2v) is 13.0. The first kappa shape index (κ1) is 30.9. The van der Waals surface area contributed by atoms with Crippen LogP contribution in [-0.4, -0.2) is 39.6 Å². The van der Waals surface area contributed by atoms with Crippen LogP contribution < -0.4 is 28.4 Å². The molecule has 0 saturated heterocycles. The van der Waals surface area contributed by atoms with Crippen molar-refractivity contribution in [1.29, 1.82) is 0 Å².